The Balaban J connectivity index is 1.57. The molecule has 1 aliphatic heterocycles. The Labute approximate surface area is 204 Å². The van der Waals surface area contributed by atoms with Crippen LogP contribution in [-0.2, 0) is 7.05 Å². The predicted molar refractivity (Wildman–Crippen MR) is 138 cm³/mol. The highest BCUT2D eigenvalue weighted by Gasteiger charge is 2.32. The zero-order valence-corrected chi connectivity index (χ0v) is 20.6. The summed E-state index contributed by atoms with van der Waals surface area (Å²) in [6.07, 6.45) is 1.76. The van der Waals surface area contributed by atoms with E-state index in [2.05, 4.69) is 53.8 Å². The van der Waals surface area contributed by atoms with Crippen molar-refractivity contribution in [2.24, 2.45) is 7.05 Å². The molecule has 35 heavy (non-hydrogen) atoms. The lowest BCUT2D eigenvalue weighted by Gasteiger charge is -2.46. The topological polar surface area (TPSA) is 87.3 Å². The van der Waals surface area contributed by atoms with Crippen LogP contribution in [0.4, 0.5) is 11.4 Å². The van der Waals surface area contributed by atoms with Gasteiger partial charge in [0.05, 0.1) is 35.7 Å². The van der Waals surface area contributed by atoms with E-state index >= 15 is 0 Å². The molecule has 1 aromatic carbocycles. The summed E-state index contributed by atoms with van der Waals surface area (Å²) >= 11 is 0. The molecular formula is C27H28N6O2. The van der Waals surface area contributed by atoms with E-state index in [9.17, 15) is 10.1 Å². The smallest absolute Gasteiger partial charge is 0.252 e. The molecule has 1 fully saturated rings. The monoisotopic (exact) mass is 468 g/mol. The predicted octanol–water partition coefficient (Wildman–Crippen LogP) is 3.77. The molecule has 0 N–H and O–H groups in total. The largest absolute Gasteiger partial charge is 0.495 e. The number of nitriles is 1. The Hall–Kier alpha value is -4.12. The van der Waals surface area contributed by atoms with Gasteiger partial charge in [0.1, 0.15) is 23.0 Å². The Morgan fingerprint density at radius 3 is 2.37 bits per heavy atom. The van der Waals surface area contributed by atoms with Crippen LogP contribution in [0.25, 0.3) is 21.9 Å². The Morgan fingerprint density at radius 1 is 1.03 bits per heavy atom. The van der Waals surface area contributed by atoms with Gasteiger partial charge in [-0.3, -0.25) is 9.78 Å². The highest BCUT2D eigenvalue weighted by molar-refractivity contribution is 5.93. The molecule has 4 aromatic rings. The molecule has 1 aliphatic rings. The van der Waals surface area contributed by atoms with E-state index < -0.39 is 0 Å². The third-order valence-electron chi connectivity index (χ3n) is 6.91. The van der Waals surface area contributed by atoms with Gasteiger partial charge in [-0.25, -0.2) is 4.98 Å². The Morgan fingerprint density at radius 2 is 1.71 bits per heavy atom. The second-order valence-electron chi connectivity index (χ2n) is 9.34. The average molecular weight is 469 g/mol. The van der Waals surface area contributed by atoms with Gasteiger partial charge in [-0.05, 0) is 56.7 Å². The number of benzene rings is 1. The lowest BCUT2D eigenvalue weighted by molar-refractivity contribution is 0.413. The van der Waals surface area contributed by atoms with E-state index in [4.69, 9.17) is 9.72 Å². The second-order valence-corrected chi connectivity index (χ2v) is 9.34. The number of fused-ring (bicyclic) bond motifs is 2. The van der Waals surface area contributed by atoms with E-state index in [1.165, 1.54) is 0 Å². The number of anilines is 2. The van der Waals surface area contributed by atoms with Crippen molar-refractivity contribution in [3.63, 3.8) is 0 Å². The summed E-state index contributed by atoms with van der Waals surface area (Å²) in [5.74, 6) is 0.738. The molecule has 8 heteroatoms. The standard InChI is InChI=1S/C27H28N6O2/c1-16-8-19-10-21(35-5)13-29-26(19)23(9-16)32-14-18(3)33(15-17(32)2)24-11-25(34)31(4)22-7-6-20(12-28)30-27(22)24/h6-11,13,17-18H,14-15H2,1-5H3/t17-,18+/m1/s1. The third kappa shape index (κ3) is 3.83. The molecule has 5 rings (SSSR count). The number of nitrogens with zero attached hydrogens (tertiary/aromatic N) is 6. The van der Waals surface area contributed by atoms with Crippen LogP contribution < -0.4 is 20.1 Å². The molecule has 0 bridgehead atoms. The van der Waals surface area contributed by atoms with Crippen molar-refractivity contribution in [1.29, 1.82) is 5.26 Å². The summed E-state index contributed by atoms with van der Waals surface area (Å²) in [5.41, 5.74) is 5.62. The van der Waals surface area contributed by atoms with Crippen LogP contribution in [0, 0.1) is 18.3 Å². The normalized spacial score (nSPS) is 18.2. The first kappa shape index (κ1) is 22.7. The zero-order valence-electron chi connectivity index (χ0n) is 20.6. The molecule has 8 nitrogen and oxygen atoms in total. The van der Waals surface area contributed by atoms with Crippen LogP contribution in [0.3, 0.4) is 0 Å². The first-order chi connectivity index (χ1) is 16.8. The number of hydrogen-bond donors (Lipinski definition) is 0. The van der Waals surface area contributed by atoms with Crippen LogP contribution in [0.15, 0.2) is 47.4 Å². The molecule has 2 atom stereocenters. The van der Waals surface area contributed by atoms with Crippen LogP contribution in [0.1, 0.15) is 25.1 Å². The molecule has 0 radical (unpaired) electrons. The maximum absolute atomic E-state index is 12.8. The van der Waals surface area contributed by atoms with Gasteiger partial charge in [-0.15, -0.1) is 0 Å². The van der Waals surface area contributed by atoms with Crippen molar-refractivity contribution in [3.05, 3.63) is 64.2 Å². The Bertz CT molecular complexity index is 1550. The maximum atomic E-state index is 12.8. The van der Waals surface area contributed by atoms with Crippen molar-refractivity contribution < 1.29 is 4.74 Å². The van der Waals surface area contributed by atoms with Gasteiger partial charge < -0.3 is 19.1 Å². The lowest BCUT2D eigenvalue weighted by Crippen LogP contribution is -2.57. The summed E-state index contributed by atoms with van der Waals surface area (Å²) < 4.78 is 6.96. The van der Waals surface area contributed by atoms with Gasteiger partial charge in [-0.1, -0.05) is 0 Å². The highest BCUT2D eigenvalue weighted by Crippen LogP contribution is 2.35. The number of hydrogen-bond acceptors (Lipinski definition) is 7. The molecule has 0 aliphatic carbocycles. The first-order valence-electron chi connectivity index (χ1n) is 11.7. The minimum atomic E-state index is -0.0934. The molecule has 0 saturated carbocycles. The maximum Gasteiger partial charge on any atom is 0.252 e. The number of pyridine rings is 3. The summed E-state index contributed by atoms with van der Waals surface area (Å²) in [7, 11) is 3.38. The van der Waals surface area contributed by atoms with Gasteiger partial charge in [0, 0.05) is 43.7 Å². The van der Waals surface area contributed by atoms with Crippen LogP contribution >= 0.6 is 0 Å². The van der Waals surface area contributed by atoms with E-state index in [0.717, 1.165) is 45.7 Å². The minimum absolute atomic E-state index is 0.0934. The number of aromatic nitrogens is 3. The number of rotatable bonds is 3. The molecule has 178 valence electrons. The van der Waals surface area contributed by atoms with Gasteiger partial charge >= 0.3 is 0 Å². The first-order valence-corrected chi connectivity index (χ1v) is 11.7. The van der Waals surface area contributed by atoms with Crippen molar-refractivity contribution in [2.75, 3.05) is 30.0 Å². The molecule has 3 aromatic heterocycles. The van der Waals surface area contributed by atoms with Crippen molar-refractivity contribution in [2.45, 2.75) is 32.9 Å². The molecular weight excluding hydrogens is 440 g/mol. The highest BCUT2D eigenvalue weighted by atomic mass is 16.5. The van der Waals surface area contributed by atoms with E-state index in [-0.39, 0.29) is 17.6 Å². The van der Waals surface area contributed by atoms with Crippen molar-refractivity contribution in [3.8, 4) is 11.8 Å². The van der Waals surface area contributed by atoms with Gasteiger partial charge in [0.2, 0.25) is 0 Å². The summed E-state index contributed by atoms with van der Waals surface area (Å²) in [6, 6.07) is 13.8. The SMILES string of the molecule is COc1cnc2c(N3C[C@H](C)N(c4cc(=O)n(C)c5ccc(C#N)nc45)C[C@H]3C)cc(C)cc2c1. The number of aryl methyl sites for hydroxylation is 2. The second kappa shape index (κ2) is 8.58. The lowest BCUT2D eigenvalue weighted by atomic mass is 10.0. The third-order valence-corrected chi connectivity index (χ3v) is 6.91. The summed E-state index contributed by atoms with van der Waals surface area (Å²) in [4.78, 5) is 26.7. The van der Waals surface area contributed by atoms with Gasteiger partial charge in [0.15, 0.2) is 0 Å². The number of ether oxygens (including phenoxy) is 1. The quantitative estimate of drug-likeness (QED) is 0.452. The fourth-order valence-corrected chi connectivity index (χ4v) is 5.08. The van der Waals surface area contributed by atoms with E-state index in [0.29, 0.717) is 17.8 Å². The molecule has 0 amide bonds. The van der Waals surface area contributed by atoms with Crippen molar-refractivity contribution >= 4 is 33.3 Å². The fraction of sp³-hybridized carbons (Fsp3) is 0.333. The van der Waals surface area contributed by atoms with Crippen LogP contribution in [0.2, 0.25) is 0 Å². The van der Waals surface area contributed by atoms with Crippen LogP contribution in [-0.4, -0.2) is 46.8 Å². The van der Waals surface area contributed by atoms with E-state index in [1.54, 1.807) is 43.1 Å². The Kier molecular flexibility index (Phi) is 5.56. The van der Waals surface area contributed by atoms with E-state index in [1.807, 2.05) is 6.07 Å². The minimum Gasteiger partial charge on any atom is -0.495 e. The molecule has 0 unspecified atom stereocenters. The fourth-order valence-electron chi connectivity index (χ4n) is 5.08. The van der Waals surface area contributed by atoms with Gasteiger partial charge in [-0.2, -0.15) is 5.26 Å². The average Bonchev–Trinajstić information content (AvgIpc) is 2.86. The molecule has 4 heterocycles. The summed E-state index contributed by atoms with van der Waals surface area (Å²) in [6.45, 7) is 7.89. The number of piperazine rings is 1. The van der Waals surface area contributed by atoms with Crippen LogP contribution in [0.5, 0.6) is 5.75 Å². The molecule has 1 saturated heterocycles. The van der Waals surface area contributed by atoms with Gasteiger partial charge in [0.25, 0.3) is 5.56 Å². The molecule has 0 spiro atoms. The number of methoxy groups -OCH3 is 1. The van der Waals surface area contributed by atoms with Crippen molar-refractivity contribution in [1.82, 2.24) is 14.5 Å². The summed E-state index contributed by atoms with van der Waals surface area (Å²) in [5, 5.41) is 10.5. The zero-order chi connectivity index (χ0) is 24.9.